The molecule has 1 saturated heterocycles. The standard InChI is InChI=1S/C24H24ClFN4O/c1-2-16-6-3-4-8-19(16)22-11-12-23(29-28-22)30-13-5-7-18(15-30)27-24(31)17-9-10-20(25)21(26)14-17/h3-4,6,8-12,14,18H,2,5,7,13,15H2,1H3,(H,27,31). The van der Waals surface area contributed by atoms with E-state index in [9.17, 15) is 9.18 Å². The summed E-state index contributed by atoms with van der Waals surface area (Å²) in [5.41, 5.74) is 3.46. The first-order valence-electron chi connectivity index (χ1n) is 10.5. The first kappa shape index (κ1) is 21.2. The molecule has 0 spiro atoms. The highest BCUT2D eigenvalue weighted by molar-refractivity contribution is 6.30. The van der Waals surface area contributed by atoms with Gasteiger partial charge in [0.25, 0.3) is 5.91 Å². The predicted octanol–water partition coefficient (Wildman–Crippen LogP) is 4.90. The van der Waals surface area contributed by atoms with E-state index in [2.05, 4.69) is 39.5 Å². The van der Waals surface area contributed by atoms with Crippen LogP contribution in [0.4, 0.5) is 10.2 Å². The van der Waals surface area contributed by atoms with E-state index in [0.717, 1.165) is 48.9 Å². The summed E-state index contributed by atoms with van der Waals surface area (Å²) in [6.45, 7) is 3.60. The number of carbonyl (C=O) groups is 1. The number of halogens is 2. The van der Waals surface area contributed by atoms with Gasteiger partial charge in [0.15, 0.2) is 5.82 Å². The van der Waals surface area contributed by atoms with Crippen molar-refractivity contribution in [2.45, 2.75) is 32.2 Å². The van der Waals surface area contributed by atoms with Crippen LogP contribution in [-0.4, -0.2) is 35.2 Å². The van der Waals surface area contributed by atoms with E-state index in [1.165, 1.54) is 17.7 Å². The van der Waals surface area contributed by atoms with Crippen LogP contribution in [0.1, 0.15) is 35.7 Å². The van der Waals surface area contributed by atoms with E-state index in [1.54, 1.807) is 0 Å². The van der Waals surface area contributed by atoms with Gasteiger partial charge in [-0.05, 0) is 55.2 Å². The fourth-order valence-corrected chi connectivity index (χ4v) is 4.04. The zero-order valence-corrected chi connectivity index (χ0v) is 18.1. The van der Waals surface area contributed by atoms with E-state index >= 15 is 0 Å². The molecule has 0 aliphatic carbocycles. The Balaban J connectivity index is 1.43. The van der Waals surface area contributed by atoms with Gasteiger partial charge in [0.05, 0.1) is 10.7 Å². The fraction of sp³-hybridized carbons (Fsp3) is 0.292. The Hall–Kier alpha value is -2.99. The van der Waals surface area contributed by atoms with Crippen molar-refractivity contribution < 1.29 is 9.18 Å². The Morgan fingerprint density at radius 3 is 2.77 bits per heavy atom. The normalized spacial score (nSPS) is 16.2. The van der Waals surface area contributed by atoms with Crippen LogP contribution in [0.5, 0.6) is 0 Å². The summed E-state index contributed by atoms with van der Waals surface area (Å²) >= 11 is 5.70. The molecule has 1 aliphatic rings. The summed E-state index contributed by atoms with van der Waals surface area (Å²) in [4.78, 5) is 14.6. The van der Waals surface area contributed by atoms with E-state index in [-0.39, 0.29) is 22.5 Å². The largest absolute Gasteiger partial charge is 0.353 e. The Kier molecular flexibility index (Phi) is 6.47. The molecule has 160 valence electrons. The lowest BCUT2D eigenvalue weighted by molar-refractivity contribution is 0.0932. The second-order valence-corrected chi connectivity index (χ2v) is 8.08. The van der Waals surface area contributed by atoms with Crippen LogP contribution in [0.2, 0.25) is 5.02 Å². The highest BCUT2D eigenvalue weighted by Crippen LogP contribution is 2.24. The molecule has 1 amide bonds. The van der Waals surface area contributed by atoms with E-state index in [4.69, 9.17) is 11.6 Å². The Bertz CT molecular complexity index is 1070. The van der Waals surface area contributed by atoms with Crippen molar-refractivity contribution in [1.82, 2.24) is 15.5 Å². The minimum atomic E-state index is -0.598. The van der Waals surface area contributed by atoms with Gasteiger partial charge in [-0.15, -0.1) is 10.2 Å². The number of anilines is 1. The first-order valence-corrected chi connectivity index (χ1v) is 10.9. The molecule has 0 saturated carbocycles. The number of piperidine rings is 1. The maximum absolute atomic E-state index is 13.7. The molecule has 1 aromatic heterocycles. The van der Waals surface area contributed by atoms with Crippen molar-refractivity contribution in [1.29, 1.82) is 0 Å². The summed E-state index contributed by atoms with van der Waals surface area (Å²) in [6, 6.07) is 16.2. The van der Waals surface area contributed by atoms with Gasteiger partial charge in [-0.3, -0.25) is 4.79 Å². The highest BCUT2D eigenvalue weighted by atomic mass is 35.5. The Labute approximate surface area is 186 Å². The fourth-order valence-electron chi connectivity index (χ4n) is 3.93. The lowest BCUT2D eigenvalue weighted by atomic mass is 10.0. The van der Waals surface area contributed by atoms with Crippen LogP contribution in [0.25, 0.3) is 11.3 Å². The van der Waals surface area contributed by atoms with Gasteiger partial charge in [-0.2, -0.15) is 0 Å². The first-order chi connectivity index (χ1) is 15.0. The van der Waals surface area contributed by atoms with Crippen molar-refractivity contribution in [2.75, 3.05) is 18.0 Å². The number of benzene rings is 2. The molecule has 2 aromatic carbocycles. The highest BCUT2D eigenvalue weighted by Gasteiger charge is 2.23. The van der Waals surface area contributed by atoms with Crippen LogP contribution in [-0.2, 0) is 6.42 Å². The van der Waals surface area contributed by atoms with Crippen LogP contribution in [0, 0.1) is 5.82 Å². The number of carbonyl (C=O) groups excluding carboxylic acids is 1. The number of hydrogen-bond acceptors (Lipinski definition) is 4. The van der Waals surface area contributed by atoms with Crippen molar-refractivity contribution >= 4 is 23.3 Å². The van der Waals surface area contributed by atoms with Gasteiger partial charge in [0, 0.05) is 30.3 Å². The van der Waals surface area contributed by atoms with Crippen molar-refractivity contribution in [3.63, 3.8) is 0 Å². The second kappa shape index (κ2) is 9.43. The van der Waals surface area contributed by atoms with Gasteiger partial charge in [0.1, 0.15) is 5.82 Å². The minimum absolute atomic E-state index is 0.00368. The monoisotopic (exact) mass is 438 g/mol. The van der Waals surface area contributed by atoms with Crippen molar-refractivity contribution in [2.24, 2.45) is 0 Å². The van der Waals surface area contributed by atoms with E-state index in [1.807, 2.05) is 24.3 Å². The molecule has 31 heavy (non-hydrogen) atoms. The average Bonchev–Trinajstić information content (AvgIpc) is 2.81. The molecule has 3 aromatic rings. The second-order valence-electron chi connectivity index (χ2n) is 7.67. The maximum Gasteiger partial charge on any atom is 0.251 e. The lowest BCUT2D eigenvalue weighted by Crippen LogP contribution is -2.48. The summed E-state index contributed by atoms with van der Waals surface area (Å²) in [6.07, 6.45) is 2.71. The minimum Gasteiger partial charge on any atom is -0.353 e. The lowest BCUT2D eigenvalue weighted by Gasteiger charge is -2.33. The maximum atomic E-state index is 13.7. The van der Waals surface area contributed by atoms with Gasteiger partial charge in [0.2, 0.25) is 0 Å². The number of amides is 1. The molecule has 1 atom stereocenters. The number of nitrogens with one attached hydrogen (secondary N) is 1. The molecule has 1 aliphatic heterocycles. The molecule has 2 heterocycles. The zero-order chi connectivity index (χ0) is 21.8. The van der Waals surface area contributed by atoms with Crippen LogP contribution in [0.3, 0.4) is 0 Å². The van der Waals surface area contributed by atoms with Crippen LogP contribution < -0.4 is 10.2 Å². The quantitative estimate of drug-likeness (QED) is 0.615. The predicted molar refractivity (Wildman–Crippen MR) is 121 cm³/mol. The molecule has 0 radical (unpaired) electrons. The van der Waals surface area contributed by atoms with Crippen LogP contribution >= 0.6 is 11.6 Å². The van der Waals surface area contributed by atoms with Crippen molar-refractivity contribution in [3.8, 4) is 11.3 Å². The Morgan fingerprint density at radius 2 is 2.03 bits per heavy atom. The number of aryl methyl sites for hydroxylation is 1. The zero-order valence-electron chi connectivity index (χ0n) is 17.3. The Morgan fingerprint density at radius 1 is 1.19 bits per heavy atom. The topological polar surface area (TPSA) is 58.1 Å². The number of rotatable bonds is 5. The number of hydrogen-bond donors (Lipinski definition) is 1. The van der Waals surface area contributed by atoms with E-state index in [0.29, 0.717) is 6.54 Å². The van der Waals surface area contributed by atoms with E-state index < -0.39 is 5.82 Å². The van der Waals surface area contributed by atoms with Crippen molar-refractivity contribution in [3.05, 3.63) is 76.6 Å². The van der Waals surface area contributed by atoms with Gasteiger partial charge in [-0.1, -0.05) is 42.8 Å². The average molecular weight is 439 g/mol. The molecular formula is C24H24ClFN4O. The van der Waals surface area contributed by atoms with Gasteiger partial charge >= 0.3 is 0 Å². The smallest absolute Gasteiger partial charge is 0.251 e. The SMILES string of the molecule is CCc1ccccc1-c1ccc(N2CCCC(NC(=O)c3ccc(Cl)c(F)c3)C2)nn1. The van der Waals surface area contributed by atoms with Gasteiger partial charge < -0.3 is 10.2 Å². The third-order valence-corrected chi connectivity index (χ3v) is 5.89. The van der Waals surface area contributed by atoms with Crippen LogP contribution in [0.15, 0.2) is 54.6 Å². The summed E-state index contributed by atoms with van der Waals surface area (Å²) < 4.78 is 13.7. The molecule has 1 unspecified atom stereocenters. The molecule has 1 fully saturated rings. The molecule has 7 heteroatoms. The molecular weight excluding hydrogens is 415 g/mol. The molecule has 5 nitrogen and oxygen atoms in total. The van der Waals surface area contributed by atoms with Gasteiger partial charge in [-0.25, -0.2) is 4.39 Å². The summed E-state index contributed by atoms with van der Waals surface area (Å²) in [5.74, 6) is -0.117. The third kappa shape index (κ3) is 4.85. The molecule has 0 bridgehead atoms. The molecule has 4 rings (SSSR count). The number of aromatic nitrogens is 2. The third-order valence-electron chi connectivity index (χ3n) is 5.59. The summed E-state index contributed by atoms with van der Waals surface area (Å²) in [7, 11) is 0. The summed E-state index contributed by atoms with van der Waals surface area (Å²) in [5, 5.41) is 11.9. The molecule has 1 N–H and O–H groups in total. The number of nitrogens with zero attached hydrogens (tertiary/aromatic N) is 3.